The van der Waals surface area contributed by atoms with Gasteiger partial charge in [0.05, 0.1) is 18.0 Å². The van der Waals surface area contributed by atoms with Gasteiger partial charge in [0.15, 0.2) is 11.6 Å². The first kappa shape index (κ1) is 20.1. The molecule has 8 heteroatoms. The van der Waals surface area contributed by atoms with Gasteiger partial charge in [-0.15, -0.1) is 0 Å². The van der Waals surface area contributed by atoms with Crippen LogP contribution in [0.3, 0.4) is 0 Å². The molecule has 1 aromatic carbocycles. The summed E-state index contributed by atoms with van der Waals surface area (Å²) in [7, 11) is 3.35. The zero-order valence-electron chi connectivity index (χ0n) is 16.6. The first-order chi connectivity index (χ1) is 13.3. The molecule has 2 N–H and O–H groups in total. The lowest BCUT2D eigenvalue weighted by molar-refractivity contribution is 0.0695. The molecule has 2 heterocycles. The second-order valence-corrected chi connectivity index (χ2v) is 7.17. The molecule has 0 amide bonds. The first-order valence-electron chi connectivity index (χ1n) is 9.43. The second-order valence-electron chi connectivity index (χ2n) is 7.17. The average molecular weight is 391 g/mol. The normalized spacial score (nSPS) is 17.9. The quantitative estimate of drug-likeness (QED) is 0.786. The molecule has 0 radical (unpaired) electrons. The Morgan fingerprint density at radius 1 is 1.50 bits per heavy atom. The minimum absolute atomic E-state index is 0.0131. The lowest BCUT2D eigenvalue weighted by Crippen LogP contribution is -2.33. The van der Waals surface area contributed by atoms with Crippen molar-refractivity contribution in [1.29, 1.82) is 0 Å². The van der Waals surface area contributed by atoms with E-state index < -0.39 is 17.2 Å². The molecule has 0 unspecified atom stereocenters. The molecule has 7 nitrogen and oxygen atoms in total. The monoisotopic (exact) mass is 391 g/mol. The summed E-state index contributed by atoms with van der Waals surface area (Å²) in [5, 5.41) is 12.6. The minimum atomic E-state index is -1.33. The van der Waals surface area contributed by atoms with Crippen molar-refractivity contribution >= 4 is 22.6 Å². The van der Waals surface area contributed by atoms with Gasteiger partial charge in [-0.1, -0.05) is 0 Å². The van der Waals surface area contributed by atoms with Crippen molar-refractivity contribution in [3.05, 3.63) is 33.9 Å². The smallest absolute Gasteiger partial charge is 0.341 e. The summed E-state index contributed by atoms with van der Waals surface area (Å²) in [4.78, 5) is 26.0. The molecule has 1 aliphatic heterocycles. The number of halogens is 1. The fourth-order valence-electron chi connectivity index (χ4n) is 4.01. The predicted octanol–water partition coefficient (Wildman–Crippen LogP) is 2.30. The van der Waals surface area contributed by atoms with Gasteiger partial charge in [-0.05, 0) is 39.3 Å². The fourth-order valence-corrected chi connectivity index (χ4v) is 4.01. The molecule has 0 spiro atoms. The first-order valence-corrected chi connectivity index (χ1v) is 9.43. The van der Waals surface area contributed by atoms with Gasteiger partial charge in [0.1, 0.15) is 11.3 Å². The molecule has 0 bridgehead atoms. The number of anilines is 1. The maximum absolute atomic E-state index is 15.1. The number of carboxylic acids is 1. The van der Waals surface area contributed by atoms with Gasteiger partial charge in [0.2, 0.25) is 5.43 Å². The summed E-state index contributed by atoms with van der Waals surface area (Å²) in [5.74, 6) is -1.28. The molecule has 1 aromatic heterocycles. The number of pyridine rings is 1. The molecule has 152 valence electrons. The van der Waals surface area contributed by atoms with Crippen LogP contribution in [0.1, 0.15) is 30.6 Å². The highest BCUT2D eigenvalue weighted by Gasteiger charge is 2.31. The van der Waals surface area contributed by atoms with Gasteiger partial charge in [0, 0.05) is 31.9 Å². The van der Waals surface area contributed by atoms with Gasteiger partial charge >= 0.3 is 5.97 Å². The van der Waals surface area contributed by atoms with Crippen LogP contribution in [0, 0.1) is 11.7 Å². The molecular weight excluding hydrogens is 365 g/mol. The van der Waals surface area contributed by atoms with Crippen LogP contribution < -0.4 is 20.4 Å². The molecule has 0 aliphatic carbocycles. The van der Waals surface area contributed by atoms with Crippen LogP contribution >= 0.6 is 0 Å². The Hall–Kier alpha value is -2.61. The van der Waals surface area contributed by atoms with Crippen molar-refractivity contribution in [3.63, 3.8) is 0 Å². The Morgan fingerprint density at radius 2 is 2.21 bits per heavy atom. The molecule has 2 aromatic rings. The second kappa shape index (κ2) is 7.79. The number of ether oxygens (including phenoxy) is 1. The number of benzene rings is 1. The van der Waals surface area contributed by atoms with E-state index in [0.717, 1.165) is 12.5 Å². The topological polar surface area (TPSA) is 83.8 Å². The number of hydrogen-bond acceptors (Lipinski definition) is 5. The lowest BCUT2D eigenvalue weighted by atomic mass is 10.0. The molecule has 3 rings (SSSR count). The predicted molar refractivity (Wildman–Crippen MR) is 106 cm³/mol. The Labute approximate surface area is 162 Å². The van der Waals surface area contributed by atoms with E-state index in [-0.39, 0.29) is 16.7 Å². The van der Waals surface area contributed by atoms with Gasteiger partial charge in [-0.3, -0.25) is 4.79 Å². The van der Waals surface area contributed by atoms with Crippen LogP contribution in [0.2, 0.25) is 0 Å². The number of carboxylic acid groups (broad SMARTS) is 1. The van der Waals surface area contributed by atoms with Crippen molar-refractivity contribution in [3.8, 4) is 5.75 Å². The fraction of sp³-hybridized carbons (Fsp3) is 0.500. The summed E-state index contributed by atoms with van der Waals surface area (Å²) in [5.41, 5.74) is -0.348. The molecule has 28 heavy (non-hydrogen) atoms. The number of methoxy groups -OCH3 is 1. The molecule has 0 saturated carbocycles. The van der Waals surface area contributed by atoms with Crippen molar-refractivity contribution in [2.24, 2.45) is 5.92 Å². The van der Waals surface area contributed by atoms with Crippen molar-refractivity contribution < 1.29 is 19.0 Å². The van der Waals surface area contributed by atoms with E-state index in [1.165, 1.54) is 13.3 Å². The van der Waals surface area contributed by atoms with Crippen LogP contribution in [-0.2, 0) is 6.54 Å². The van der Waals surface area contributed by atoms with Crippen LogP contribution in [0.4, 0.5) is 10.1 Å². The highest BCUT2D eigenvalue weighted by molar-refractivity contribution is 5.97. The third-order valence-corrected chi connectivity index (χ3v) is 5.72. The number of carbonyl (C=O) groups is 1. The Bertz CT molecular complexity index is 972. The highest BCUT2D eigenvalue weighted by atomic mass is 19.1. The minimum Gasteiger partial charge on any atom is -0.492 e. The summed E-state index contributed by atoms with van der Waals surface area (Å²) < 4.78 is 22.3. The van der Waals surface area contributed by atoms with Gasteiger partial charge in [0.25, 0.3) is 0 Å². The zero-order valence-corrected chi connectivity index (χ0v) is 16.6. The summed E-state index contributed by atoms with van der Waals surface area (Å²) >= 11 is 0. The van der Waals surface area contributed by atoms with E-state index in [1.807, 2.05) is 18.9 Å². The highest BCUT2D eigenvalue weighted by Crippen LogP contribution is 2.40. The lowest BCUT2D eigenvalue weighted by Gasteiger charge is -2.25. The Kier molecular flexibility index (Phi) is 5.60. The number of hydrogen-bond donors (Lipinski definition) is 2. The number of rotatable bonds is 6. The van der Waals surface area contributed by atoms with E-state index in [2.05, 4.69) is 12.2 Å². The molecule has 1 fully saturated rings. The number of aromatic carboxylic acids is 1. The van der Waals surface area contributed by atoms with E-state index in [4.69, 9.17) is 4.74 Å². The van der Waals surface area contributed by atoms with E-state index in [0.29, 0.717) is 42.8 Å². The number of fused-ring (bicyclic) bond motifs is 1. The van der Waals surface area contributed by atoms with Gasteiger partial charge < -0.3 is 24.6 Å². The molecular formula is C20H26FN3O4. The zero-order chi connectivity index (χ0) is 20.6. The number of nitrogens with zero attached hydrogens (tertiary/aromatic N) is 2. The largest absolute Gasteiger partial charge is 0.492 e. The average Bonchev–Trinajstić information content (AvgIpc) is 3.16. The van der Waals surface area contributed by atoms with Crippen molar-refractivity contribution in [1.82, 2.24) is 9.88 Å². The summed E-state index contributed by atoms with van der Waals surface area (Å²) in [6.45, 7) is 5.70. The maximum atomic E-state index is 15.1. The number of aryl methyl sites for hydroxylation is 1. The summed E-state index contributed by atoms with van der Waals surface area (Å²) in [6.07, 6.45) is 2.22. The van der Waals surface area contributed by atoms with Crippen LogP contribution in [0.15, 0.2) is 17.1 Å². The van der Waals surface area contributed by atoms with E-state index >= 15 is 4.39 Å². The maximum Gasteiger partial charge on any atom is 0.341 e. The van der Waals surface area contributed by atoms with Crippen LogP contribution in [0.5, 0.6) is 5.75 Å². The van der Waals surface area contributed by atoms with Crippen molar-refractivity contribution in [2.45, 2.75) is 32.9 Å². The van der Waals surface area contributed by atoms with Gasteiger partial charge in [-0.2, -0.15) is 0 Å². The molecule has 2 atom stereocenters. The van der Waals surface area contributed by atoms with Crippen LogP contribution in [0.25, 0.3) is 10.9 Å². The van der Waals surface area contributed by atoms with Crippen LogP contribution in [-0.4, -0.2) is 48.9 Å². The standard InChI is InChI=1S/C20H26FN3O4/c1-5-23-10-14(20(26)27)18(25)13-8-15(21)17(19(28-4)16(13)23)24-7-6-12(9-24)11(2)22-3/h8,10-12,22H,5-7,9H2,1-4H3,(H,26,27)/t11-,12+/m0/s1. The molecule has 1 saturated heterocycles. The third-order valence-electron chi connectivity index (χ3n) is 5.72. The van der Waals surface area contributed by atoms with E-state index in [1.54, 1.807) is 4.57 Å². The van der Waals surface area contributed by atoms with E-state index in [9.17, 15) is 14.7 Å². The SMILES string of the molecule is CCn1cc(C(=O)O)c(=O)c2cc(F)c(N3CC[C@@H]([C@H](C)NC)C3)c(OC)c21. The third kappa shape index (κ3) is 3.22. The number of aromatic nitrogens is 1. The molecule has 1 aliphatic rings. The summed E-state index contributed by atoms with van der Waals surface area (Å²) in [6, 6.07) is 1.44. The Balaban J connectivity index is 2.24. The Morgan fingerprint density at radius 3 is 2.79 bits per heavy atom. The number of nitrogens with one attached hydrogen (secondary N) is 1. The van der Waals surface area contributed by atoms with Gasteiger partial charge in [-0.25, -0.2) is 9.18 Å². The van der Waals surface area contributed by atoms with Crippen molar-refractivity contribution in [2.75, 3.05) is 32.1 Å².